The van der Waals surface area contributed by atoms with Gasteiger partial charge in [-0.1, -0.05) is 30.3 Å². The van der Waals surface area contributed by atoms with Crippen molar-refractivity contribution in [3.63, 3.8) is 0 Å². The summed E-state index contributed by atoms with van der Waals surface area (Å²) in [5.74, 6) is 0. The lowest BCUT2D eigenvalue weighted by Gasteiger charge is -2.21. The van der Waals surface area contributed by atoms with Gasteiger partial charge in [0.15, 0.2) is 0 Å². The van der Waals surface area contributed by atoms with Crippen molar-refractivity contribution in [3.8, 4) is 0 Å². The van der Waals surface area contributed by atoms with Gasteiger partial charge in [0.25, 0.3) is 0 Å². The molecule has 1 aromatic heterocycles. The standard InChI is InChI=1S/C13H18N2O/c1-3-4-6-12-10-16-14-13(12)11-7-5-8-15(2)9-11/h4,6-7,10H,3,5,8-9H2,1-2H3/b6-4+. The summed E-state index contributed by atoms with van der Waals surface area (Å²) in [6, 6.07) is 0. The summed E-state index contributed by atoms with van der Waals surface area (Å²) in [7, 11) is 2.13. The second kappa shape index (κ2) is 5.12. The minimum absolute atomic E-state index is 0.958. The summed E-state index contributed by atoms with van der Waals surface area (Å²) >= 11 is 0. The fraction of sp³-hybridized carbons (Fsp3) is 0.462. The minimum Gasteiger partial charge on any atom is -0.363 e. The van der Waals surface area contributed by atoms with Crippen LogP contribution in [-0.2, 0) is 0 Å². The Balaban J connectivity index is 2.23. The van der Waals surface area contributed by atoms with E-state index in [0.717, 1.165) is 37.2 Å². The Morgan fingerprint density at radius 3 is 3.19 bits per heavy atom. The number of allylic oxidation sites excluding steroid dienone is 1. The average molecular weight is 218 g/mol. The van der Waals surface area contributed by atoms with Crippen LogP contribution in [0.25, 0.3) is 11.6 Å². The minimum atomic E-state index is 0.958. The smallest absolute Gasteiger partial charge is 0.131 e. The van der Waals surface area contributed by atoms with E-state index in [1.54, 1.807) is 6.26 Å². The molecule has 0 fully saturated rings. The van der Waals surface area contributed by atoms with Gasteiger partial charge in [0.1, 0.15) is 12.0 Å². The van der Waals surface area contributed by atoms with Gasteiger partial charge in [-0.25, -0.2) is 0 Å². The van der Waals surface area contributed by atoms with E-state index in [4.69, 9.17) is 4.52 Å². The largest absolute Gasteiger partial charge is 0.363 e. The molecule has 2 rings (SSSR count). The molecule has 0 saturated carbocycles. The molecular formula is C13H18N2O. The molecule has 1 aromatic rings. The molecule has 3 heteroatoms. The van der Waals surface area contributed by atoms with Crippen LogP contribution in [0.4, 0.5) is 0 Å². The van der Waals surface area contributed by atoms with Gasteiger partial charge < -0.3 is 9.42 Å². The maximum absolute atomic E-state index is 5.07. The lowest BCUT2D eigenvalue weighted by molar-refractivity contribution is 0.369. The normalized spacial score (nSPS) is 18.0. The zero-order valence-corrected chi connectivity index (χ0v) is 9.94. The first kappa shape index (κ1) is 11.1. The first-order chi connectivity index (χ1) is 7.81. The van der Waals surface area contributed by atoms with Crippen molar-refractivity contribution in [1.29, 1.82) is 0 Å². The quantitative estimate of drug-likeness (QED) is 0.781. The zero-order chi connectivity index (χ0) is 11.4. The van der Waals surface area contributed by atoms with Gasteiger partial charge in [-0.2, -0.15) is 0 Å². The van der Waals surface area contributed by atoms with Gasteiger partial charge >= 0.3 is 0 Å². The Hall–Kier alpha value is -1.35. The Morgan fingerprint density at radius 2 is 2.44 bits per heavy atom. The number of hydrogen-bond donors (Lipinski definition) is 0. The highest BCUT2D eigenvalue weighted by Crippen LogP contribution is 2.23. The van der Waals surface area contributed by atoms with Crippen molar-refractivity contribution in [3.05, 3.63) is 29.7 Å². The van der Waals surface area contributed by atoms with Crippen molar-refractivity contribution in [2.45, 2.75) is 19.8 Å². The van der Waals surface area contributed by atoms with E-state index in [-0.39, 0.29) is 0 Å². The third-order valence-electron chi connectivity index (χ3n) is 2.78. The lowest BCUT2D eigenvalue weighted by Crippen LogP contribution is -2.25. The van der Waals surface area contributed by atoms with Gasteiger partial charge in [-0.15, -0.1) is 0 Å². The molecule has 16 heavy (non-hydrogen) atoms. The number of likely N-dealkylation sites (N-methyl/N-ethyl adjacent to an activating group) is 1. The molecule has 0 bridgehead atoms. The molecule has 1 aliphatic rings. The van der Waals surface area contributed by atoms with E-state index in [1.807, 2.05) is 0 Å². The van der Waals surface area contributed by atoms with Crippen LogP contribution in [0, 0.1) is 0 Å². The highest BCUT2D eigenvalue weighted by molar-refractivity contribution is 5.72. The predicted molar refractivity (Wildman–Crippen MR) is 65.9 cm³/mol. The van der Waals surface area contributed by atoms with Crippen LogP contribution in [-0.4, -0.2) is 30.2 Å². The van der Waals surface area contributed by atoms with Crippen LogP contribution in [0.5, 0.6) is 0 Å². The monoisotopic (exact) mass is 218 g/mol. The molecule has 0 aromatic carbocycles. The molecule has 0 spiro atoms. The Kier molecular flexibility index (Phi) is 3.57. The molecular weight excluding hydrogens is 200 g/mol. The Labute approximate surface area is 96.4 Å². The van der Waals surface area contributed by atoms with Crippen LogP contribution in [0.1, 0.15) is 31.0 Å². The highest BCUT2D eigenvalue weighted by atomic mass is 16.5. The zero-order valence-electron chi connectivity index (χ0n) is 9.94. The maximum Gasteiger partial charge on any atom is 0.131 e. The van der Waals surface area contributed by atoms with Gasteiger partial charge in [-0.05, 0) is 25.5 Å². The summed E-state index contributed by atoms with van der Waals surface area (Å²) in [4.78, 5) is 2.30. The molecule has 1 aliphatic heterocycles. The van der Waals surface area contributed by atoms with Gasteiger partial charge in [-0.3, -0.25) is 0 Å². The summed E-state index contributed by atoms with van der Waals surface area (Å²) < 4.78 is 5.07. The number of hydrogen-bond acceptors (Lipinski definition) is 3. The van der Waals surface area contributed by atoms with E-state index >= 15 is 0 Å². The molecule has 0 N–H and O–H groups in total. The first-order valence-electron chi connectivity index (χ1n) is 5.80. The molecule has 0 atom stereocenters. The average Bonchev–Trinajstić information content (AvgIpc) is 2.74. The highest BCUT2D eigenvalue weighted by Gasteiger charge is 2.15. The van der Waals surface area contributed by atoms with Crippen LogP contribution in [0.15, 0.2) is 22.9 Å². The van der Waals surface area contributed by atoms with Gasteiger partial charge in [0, 0.05) is 18.7 Å². The van der Waals surface area contributed by atoms with E-state index in [1.165, 1.54) is 5.57 Å². The van der Waals surface area contributed by atoms with E-state index < -0.39 is 0 Å². The first-order valence-corrected chi connectivity index (χ1v) is 5.80. The van der Waals surface area contributed by atoms with Crippen molar-refractivity contribution >= 4 is 11.6 Å². The predicted octanol–water partition coefficient (Wildman–Crippen LogP) is 2.82. The summed E-state index contributed by atoms with van der Waals surface area (Å²) in [6.45, 7) is 4.21. The fourth-order valence-electron chi connectivity index (χ4n) is 1.92. The summed E-state index contributed by atoms with van der Waals surface area (Å²) in [6.07, 6.45) is 10.3. The molecule has 0 unspecified atom stereocenters. The van der Waals surface area contributed by atoms with Crippen LogP contribution >= 0.6 is 0 Å². The van der Waals surface area contributed by atoms with E-state index in [0.29, 0.717) is 0 Å². The number of nitrogens with zero attached hydrogens (tertiary/aromatic N) is 2. The van der Waals surface area contributed by atoms with E-state index in [2.05, 4.69) is 42.3 Å². The van der Waals surface area contributed by atoms with E-state index in [9.17, 15) is 0 Å². The summed E-state index contributed by atoms with van der Waals surface area (Å²) in [5, 5.41) is 4.11. The topological polar surface area (TPSA) is 29.3 Å². The van der Waals surface area contributed by atoms with Crippen molar-refractivity contribution in [1.82, 2.24) is 10.1 Å². The molecule has 0 aliphatic carbocycles. The van der Waals surface area contributed by atoms with Crippen LogP contribution in [0.2, 0.25) is 0 Å². The molecule has 2 heterocycles. The van der Waals surface area contributed by atoms with Crippen molar-refractivity contribution < 1.29 is 4.52 Å². The van der Waals surface area contributed by atoms with Crippen LogP contribution < -0.4 is 0 Å². The molecule has 0 amide bonds. The Morgan fingerprint density at radius 1 is 1.56 bits per heavy atom. The second-order valence-electron chi connectivity index (χ2n) is 4.18. The number of aromatic nitrogens is 1. The fourth-order valence-corrected chi connectivity index (χ4v) is 1.92. The molecule has 0 saturated heterocycles. The molecule has 86 valence electrons. The lowest BCUT2D eigenvalue weighted by atomic mass is 10.0. The van der Waals surface area contributed by atoms with Gasteiger partial charge in [0.2, 0.25) is 0 Å². The molecule has 0 radical (unpaired) electrons. The molecule has 3 nitrogen and oxygen atoms in total. The third kappa shape index (κ3) is 2.42. The maximum atomic E-state index is 5.07. The third-order valence-corrected chi connectivity index (χ3v) is 2.78. The SMILES string of the molecule is CC/C=C/c1conc1C1=CCCN(C)C1. The number of rotatable bonds is 3. The van der Waals surface area contributed by atoms with Crippen molar-refractivity contribution in [2.75, 3.05) is 20.1 Å². The van der Waals surface area contributed by atoms with Gasteiger partial charge in [0.05, 0.1) is 0 Å². The Bertz CT molecular complexity index is 404. The second-order valence-corrected chi connectivity index (χ2v) is 4.18. The summed E-state index contributed by atoms with van der Waals surface area (Å²) in [5.41, 5.74) is 3.36. The van der Waals surface area contributed by atoms with Crippen molar-refractivity contribution in [2.24, 2.45) is 0 Å². The van der Waals surface area contributed by atoms with Crippen LogP contribution in [0.3, 0.4) is 0 Å².